The van der Waals surface area contributed by atoms with Gasteiger partial charge in [0.05, 0.1) is 12.1 Å². The summed E-state index contributed by atoms with van der Waals surface area (Å²) in [6.07, 6.45) is 1.76. The van der Waals surface area contributed by atoms with Crippen molar-refractivity contribution in [2.24, 2.45) is 0 Å². The van der Waals surface area contributed by atoms with Crippen LogP contribution in [0.2, 0.25) is 5.02 Å². The first-order chi connectivity index (χ1) is 9.11. The lowest BCUT2D eigenvalue weighted by atomic mass is 10.2. The predicted octanol–water partition coefficient (Wildman–Crippen LogP) is 2.53. The first-order valence-corrected chi connectivity index (χ1v) is 6.75. The second-order valence-corrected chi connectivity index (χ2v) is 5.07. The molecule has 1 fully saturated rings. The second kappa shape index (κ2) is 6.26. The van der Waals surface area contributed by atoms with Crippen LogP contribution in [0.15, 0.2) is 18.2 Å². The Morgan fingerprint density at radius 2 is 2.26 bits per heavy atom. The van der Waals surface area contributed by atoms with Crippen molar-refractivity contribution in [3.05, 3.63) is 28.8 Å². The molecule has 5 heteroatoms. The van der Waals surface area contributed by atoms with Crippen LogP contribution in [0.3, 0.4) is 0 Å². The van der Waals surface area contributed by atoms with Crippen molar-refractivity contribution in [2.45, 2.75) is 38.5 Å². The molecule has 0 aromatic heterocycles. The van der Waals surface area contributed by atoms with Crippen molar-refractivity contribution in [3.63, 3.8) is 0 Å². The van der Waals surface area contributed by atoms with Gasteiger partial charge in [0.1, 0.15) is 5.75 Å². The summed E-state index contributed by atoms with van der Waals surface area (Å²) in [4.78, 5) is 11.4. The Kier molecular flexibility index (Phi) is 4.66. The van der Waals surface area contributed by atoms with Gasteiger partial charge in [-0.25, -0.2) is 4.79 Å². The molecule has 0 radical (unpaired) electrons. The lowest BCUT2D eigenvalue weighted by Gasteiger charge is -2.17. The highest BCUT2D eigenvalue weighted by atomic mass is 35.5. The van der Waals surface area contributed by atoms with Crippen LogP contribution < -0.4 is 10.1 Å². The first-order valence-electron chi connectivity index (χ1n) is 6.37. The van der Waals surface area contributed by atoms with E-state index in [0.29, 0.717) is 23.4 Å². The van der Waals surface area contributed by atoms with E-state index in [-0.39, 0.29) is 0 Å². The summed E-state index contributed by atoms with van der Waals surface area (Å²) >= 11 is 6.15. The predicted molar refractivity (Wildman–Crippen MR) is 73.4 cm³/mol. The van der Waals surface area contributed by atoms with E-state index in [9.17, 15) is 4.79 Å². The number of para-hydroxylation sites is 1. The van der Waals surface area contributed by atoms with Crippen molar-refractivity contribution in [3.8, 4) is 5.75 Å². The topological polar surface area (TPSA) is 47.6 Å². The maximum absolute atomic E-state index is 11.4. The van der Waals surface area contributed by atoms with E-state index in [1.54, 1.807) is 13.0 Å². The molecule has 2 rings (SSSR count). The molecule has 104 valence electrons. The Morgan fingerprint density at radius 3 is 2.89 bits per heavy atom. The third kappa shape index (κ3) is 3.85. The van der Waals surface area contributed by atoms with Crippen LogP contribution in [0.25, 0.3) is 0 Å². The van der Waals surface area contributed by atoms with E-state index in [2.05, 4.69) is 10.1 Å². The van der Waals surface area contributed by atoms with Gasteiger partial charge in [0.2, 0.25) is 0 Å². The van der Waals surface area contributed by atoms with Gasteiger partial charge < -0.3 is 14.8 Å². The van der Waals surface area contributed by atoms with Gasteiger partial charge >= 0.3 is 5.97 Å². The molecule has 0 heterocycles. The molecule has 0 spiro atoms. The zero-order valence-electron chi connectivity index (χ0n) is 11.1. The van der Waals surface area contributed by atoms with Crippen molar-refractivity contribution in [1.29, 1.82) is 0 Å². The minimum absolute atomic E-state index is 0.416. The van der Waals surface area contributed by atoms with E-state index in [1.165, 1.54) is 20.0 Å². The van der Waals surface area contributed by atoms with Gasteiger partial charge in [-0.15, -0.1) is 0 Å². The zero-order chi connectivity index (χ0) is 13.8. The molecule has 1 unspecified atom stereocenters. The molecule has 4 nitrogen and oxygen atoms in total. The van der Waals surface area contributed by atoms with Gasteiger partial charge in [-0.3, -0.25) is 0 Å². The Labute approximate surface area is 118 Å². The largest absolute Gasteiger partial charge is 0.477 e. The number of esters is 1. The fourth-order valence-electron chi connectivity index (χ4n) is 1.76. The van der Waals surface area contributed by atoms with Crippen molar-refractivity contribution in [2.75, 3.05) is 7.11 Å². The molecule has 0 bridgehead atoms. The van der Waals surface area contributed by atoms with Crippen LogP contribution in [0, 0.1) is 0 Å². The van der Waals surface area contributed by atoms with Gasteiger partial charge in [-0.05, 0) is 25.8 Å². The summed E-state index contributed by atoms with van der Waals surface area (Å²) in [5, 5.41) is 3.91. The highest BCUT2D eigenvalue weighted by Gasteiger charge is 2.22. The number of benzene rings is 1. The molecule has 1 aromatic rings. The number of rotatable bonds is 6. The van der Waals surface area contributed by atoms with Gasteiger partial charge in [-0.2, -0.15) is 0 Å². The summed E-state index contributed by atoms with van der Waals surface area (Å²) < 4.78 is 10.3. The quantitative estimate of drug-likeness (QED) is 0.815. The van der Waals surface area contributed by atoms with E-state index in [0.717, 1.165) is 5.56 Å². The maximum Gasteiger partial charge on any atom is 0.346 e. The maximum atomic E-state index is 11.4. The van der Waals surface area contributed by atoms with E-state index in [4.69, 9.17) is 16.3 Å². The second-order valence-electron chi connectivity index (χ2n) is 4.67. The van der Waals surface area contributed by atoms with E-state index >= 15 is 0 Å². The van der Waals surface area contributed by atoms with Crippen LogP contribution in [0.4, 0.5) is 0 Å². The molecule has 1 N–H and O–H groups in total. The summed E-state index contributed by atoms with van der Waals surface area (Å²) in [6.45, 7) is 2.34. The molecule has 1 aliphatic carbocycles. The van der Waals surface area contributed by atoms with Crippen LogP contribution in [-0.4, -0.2) is 25.2 Å². The third-order valence-electron chi connectivity index (χ3n) is 3.03. The minimum atomic E-state index is -0.676. The molecule has 1 aromatic carbocycles. The number of hydrogen-bond donors (Lipinski definition) is 1. The first kappa shape index (κ1) is 14.2. The summed E-state index contributed by atoms with van der Waals surface area (Å²) in [7, 11) is 1.34. The molecule has 1 saturated carbocycles. The number of carbonyl (C=O) groups is 1. The fraction of sp³-hybridized carbons (Fsp3) is 0.500. The SMILES string of the molecule is COC(=O)C(C)Oc1c(Cl)cccc1CNC1CC1. The van der Waals surface area contributed by atoms with E-state index in [1.807, 2.05) is 12.1 Å². The van der Waals surface area contributed by atoms with Crippen LogP contribution in [-0.2, 0) is 16.1 Å². The van der Waals surface area contributed by atoms with Crippen molar-refractivity contribution < 1.29 is 14.3 Å². The number of hydrogen-bond acceptors (Lipinski definition) is 4. The number of ether oxygens (including phenoxy) is 2. The average Bonchev–Trinajstić information content (AvgIpc) is 3.22. The summed E-state index contributed by atoms with van der Waals surface area (Å²) in [5.41, 5.74) is 0.954. The van der Waals surface area contributed by atoms with Crippen LogP contribution in [0.1, 0.15) is 25.3 Å². The molecule has 1 aliphatic rings. The van der Waals surface area contributed by atoms with Crippen LogP contribution >= 0.6 is 11.6 Å². The Morgan fingerprint density at radius 1 is 1.53 bits per heavy atom. The minimum Gasteiger partial charge on any atom is -0.477 e. The van der Waals surface area contributed by atoms with Gasteiger partial charge in [-0.1, -0.05) is 23.7 Å². The van der Waals surface area contributed by atoms with Crippen LogP contribution in [0.5, 0.6) is 5.75 Å². The summed E-state index contributed by atoms with van der Waals surface area (Å²) in [5.74, 6) is 0.135. The van der Waals surface area contributed by atoms with Crippen molar-refractivity contribution >= 4 is 17.6 Å². The highest BCUT2D eigenvalue weighted by molar-refractivity contribution is 6.32. The lowest BCUT2D eigenvalue weighted by Crippen LogP contribution is -2.26. The lowest BCUT2D eigenvalue weighted by molar-refractivity contribution is -0.147. The normalized spacial score (nSPS) is 15.9. The van der Waals surface area contributed by atoms with E-state index < -0.39 is 12.1 Å². The molecule has 0 aliphatic heterocycles. The van der Waals surface area contributed by atoms with Gasteiger partial charge in [0.15, 0.2) is 6.10 Å². The molecule has 1 atom stereocenters. The third-order valence-corrected chi connectivity index (χ3v) is 3.33. The fourth-order valence-corrected chi connectivity index (χ4v) is 2.00. The molecule has 0 amide bonds. The monoisotopic (exact) mass is 283 g/mol. The average molecular weight is 284 g/mol. The molecular formula is C14H18ClNO3. The smallest absolute Gasteiger partial charge is 0.346 e. The number of halogens is 1. The Bertz CT molecular complexity index is 460. The standard InChI is InChI=1S/C14H18ClNO3/c1-9(14(17)18-2)19-13-10(4-3-5-12(13)15)8-16-11-6-7-11/h3-5,9,11,16H,6-8H2,1-2H3. The molecular weight excluding hydrogens is 266 g/mol. The highest BCUT2D eigenvalue weighted by Crippen LogP contribution is 2.30. The number of carbonyl (C=O) groups excluding carboxylic acids is 1. The molecule has 0 saturated heterocycles. The van der Waals surface area contributed by atoms with Gasteiger partial charge in [0.25, 0.3) is 0 Å². The Balaban J connectivity index is 2.09. The summed E-state index contributed by atoms with van der Waals surface area (Å²) in [6, 6.07) is 6.18. The van der Waals surface area contributed by atoms with Gasteiger partial charge in [0, 0.05) is 18.2 Å². The number of methoxy groups -OCH3 is 1. The number of nitrogens with one attached hydrogen (secondary N) is 1. The zero-order valence-corrected chi connectivity index (χ0v) is 11.9. The molecule has 19 heavy (non-hydrogen) atoms. The Hall–Kier alpha value is -1.26. The van der Waals surface area contributed by atoms with Crippen molar-refractivity contribution in [1.82, 2.24) is 5.32 Å².